The van der Waals surface area contributed by atoms with E-state index in [-0.39, 0.29) is 40.8 Å². The van der Waals surface area contributed by atoms with Crippen LogP contribution in [0.4, 0.5) is 0 Å². The van der Waals surface area contributed by atoms with Gasteiger partial charge in [0.1, 0.15) is 5.60 Å². The number of carbonyl (C=O) groups excluding carboxylic acids is 1. The molecular weight excluding hydrogens is 422 g/mol. The highest BCUT2D eigenvalue weighted by Crippen LogP contribution is 2.75. The number of aliphatic hydroxyl groups is 1. The van der Waals surface area contributed by atoms with E-state index in [1.54, 1.807) is 0 Å². The number of hydrogen-bond donors (Lipinski definition) is 2. The van der Waals surface area contributed by atoms with Crippen molar-refractivity contribution in [2.24, 2.45) is 45.1 Å². The van der Waals surface area contributed by atoms with E-state index < -0.39 is 11.0 Å². The second-order valence-corrected chi connectivity index (χ2v) is 13.8. The van der Waals surface area contributed by atoms with Crippen molar-refractivity contribution in [2.75, 3.05) is 6.61 Å². The molecule has 5 aliphatic carbocycles. The molecule has 0 heterocycles. The largest absolute Gasteiger partial charge is 0.456 e. The average molecular weight is 474 g/mol. The Morgan fingerprint density at radius 1 is 1.09 bits per heavy atom. The summed E-state index contributed by atoms with van der Waals surface area (Å²) in [4.78, 5) is 14.4. The number of esters is 1. The maximum atomic E-state index is 14.4. The Kier molecular flexibility index (Phi) is 6.86. The molecule has 4 bridgehead atoms. The molecule has 0 aromatic heterocycles. The van der Waals surface area contributed by atoms with E-state index in [0.29, 0.717) is 11.8 Å². The number of aliphatic hydroxyl groups excluding tert-OH is 1. The van der Waals surface area contributed by atoms with Crippen LogP contribution in [-0.2, 0) is 9.53 Å². The zero-order valence-corrected chi connectivity index (χ0v) is 22.6. The van der Waals surface area contributed by atoms with E-state index in [0.717, 1.165) is 57.8 Å². The van der Waals surface area contributed by atoms with Crippen LogP contribution in [0.5, 0.6) is 0 Å². The van der Waals surface area contributed by atoms with Gasteiger partial charge < -0.3 is 15.6 Å². The number of hydrogen-bond acceptors (Lipinski definition) is 4. The zero-order valence-electron chi connectivity index (χ0n) is 22.6. The molecule has 6 unspecified atom stereocenters. The molecule has 5 aliphatic rings. The van der Waals surface area contributed by atoms with Gasteiger partial charge in [0.05, 0.1) is 12.0 Å². The summed E-state index contributed by atoms with van der Waals surface area (Å²) in [6, 6.07) is -0.199. The first kappa shape index (κ1) is 26.2. The van der Waals surface area contributed by atoms with E-state index in [2.05, 4.69) is 41.2 Å². The zero-order chi connectivity index (χ0) is 25.0. The fraction of sp³-hybridized carbons (Fsp3) is 0.900. The lowest BCUT2D eigenvalue weighted by Gasteiger charge is -2.64. The number of rotatable bonds is 11. The van der Waals surface area contributed by atoms with Gasteiger partial charge >= 0.3 is 5.97 Å². The summed E-state index contributed by atoms with van der Waals surface area (Å²) in [7, 11) is 0. The van der Waals surface area contributed by atoms with Gasteiger partial charge in [-0.05, 0) is 85.9 Å². The quantitative estimate of drug-likeness (QED) is 0.207. The number of ether oxygens (including phenoxy) is 1. The molecule has 4 nitrogen and oxygen atoms in total. The highest BCUT2D eigenvalue weighted by molar-refractivity contribution is 5.81. The number of unbranched alkanes of at least 4 members (excludes halogenated alkanes) is 4. The predicted octanol–water partition coefficient (Wildman–Crippen LogP) is 6.40. The first-order chi connectivity index (χ1) is 15.9. The van der Waals surface area contributed by atoms with Crippen LogP contribution in [0.15, 0.2) is 12.7 Å². The van der Waals surface area contributed by atoms with Crippen molar-refractivity contribution in [3.63, 3.8) is 0 Å². The number of fused-ring (bicyclic) bond motifs is 4. The van der Waals surface area contributed by atoms with Crippen molar-refractivity contribution < 1.29 is 14.6 Å². The molecule has 5 saturated carbocycles. The van der Waals surface area contributed by atoms with Crippen LogP contribution < -0.4 is 5.73 Å². The topological polar surface area (TPSA) is 72.6 Å². The maximum absolute atomic E-state index is 14.4. The van der Waals surface area contributed by atoms with Gasteiger partial charge in [-0.25, -0.2) is 0 Å². The summed E-state index contributed by atoms with van der Waals surface area (Å²) in [6.45, 7) is 15.4. The standard InChI is InChI=1S/C30H51NO3/c1-7-8-9-10-11-12-13-24(31)30(19-22-14-16-28(30,6)27(22,4)5)25(33)34-29(20-32)17-15-21-18-23(29)26(21,2)3/h7,21-24,32H,1,8-20,31H2,2-6H3/t21?,22?,23?,24-,28?,29?,30?/m1/s1. The monoisotopic (exact) mass is 473 g/mol. The molecule has 194 valence electrons. The summed E-state index contributed by atoms with van der Waals surface area (Å²) in [5.74, 6) is 1.33. The Hall–Kier alpha value is -0.870. The van der Waals surface area contributed by atoms with E-state index in [1.165, 1.54) is 19.3 Å². The molecule has 4 heteroatoms. The highest BCUT2D eigenvalue weighted by Gasteiger charge is 2.74. The van der Waals surface area contributed by atoms with Crippen LogP contribution in [0.3, 0.4) is 0 Å². The molecule has 7 atom stereocenters. The molecule has 5 fully saturated rings. The summed E-state index contributed by atoms with van der Waals surface area (Å²) >= 11 is 0. The summed E-state index contributed by atoms with van der Waals surface area (Å²) < 4.78 is 6.61. The van der Waals surface area contributed by atoms with E-state index in [9.17, 15) is 9.90 Å². The van der Waals surface area contributed by atoms with Gasteiger partial charge in [-0.1, -0.05) is 60.0 Å². The molecule has 5 rings (SSSR count). The van der Waals surface area contributed by atoms with Crippen molar-refractivity contribution in [2.45, 2.75) is 123 Å². The van der Waals surface area contributed by atoms with Gasteiger partial charge in [0.15, 0.2) is 0 Å². The van der Waals surface area contributed by atoms with Crippen molar-refractivity contribution in [3.8, 4) is 0 Å². The number of allylic oxidation sites excluding steroid dienone is 1. The molecule has 0 amide bonds. The van der Waals surface area contributed by atoms with Crippen molar-refractivity contribution in [1.82, 2.24) is 0 Å². The smallest absolute Gasteiger partial charge is 0.314 e. The Morgan fingerprint density at radius 3 is 2.29 bits per heavy atom. The molecule has 0 spiro atoms. The normalized spacial score (nSPS) is 42.1. The molecule has 0 saturated heterocycles. The Labute approximate surface area is 208 Å². The second kappa shape index (κ2) is 8.91. The van der Waals surface area contributed by atoms with Crippen molar-refractivity contribution >= 4 is 5.97 Å². The Morgan fingerprint density at radius 2 is 1.76 bits per heavy atom. The fourth-order valence-corrected chi connectivity index (χ4v) is 9.25. The summed E-state index contributed by atoms with van der Waals surface area (Å²) in [6.07, 6.45) is 14.4. The average Bonchev–Trinajstić information content (AvgIpc) is 3.13. The minimum Gasteiger partial charge on any atom is -0.456 e. The second-order valence-electron chi connectivity index (χ2n) is 13.8. The van der Waals surface area contributed by atoms with E-state index in [1.807, 2.05) is 6.08 Å². The Bertz CT molecular complexity index is 788. The van der Waals surface area contributed by atoms with Gasteiger partial charge in [0.25, 0.3) is 0 Å². The van der Waals surface area contributed by atoms with Crippen LogP contribution in [-0.4, -0.2) is 29.3 Å². The van der Waals surface area contributed by atoms with E-state index in [4.69, 9.17) is 10.5 Å². The third kappa shape index (κ3) is 3.48. The SMILES string of the molecule is C=CCCCCCC[C@@H](N)C1(C(=O)OC2(CO)CCC3CC2C3(C)C)CC2CCC1(C)C2(C)C. The van der Waals surface area contributed by atoms with Crippen LogP contribution in [0.2, 0.25) is 0 Å². The molecule has 0 aromatic rings. The van der Waals surface area contributed by atoms with Gasteiger partial charge in [-0.3, -0.25) is 4.79 Å². The van der Waals surface area contributed by atoms with Gasteiger partial charge in [0.2, 0.25) is 0 Å². The van der Waals surface area contributed by atoms with Crippen LogP contribution >= 0.6 is 0 Å². The highest BCUT2D eigenvalue weighted by atomic mass is 16.6. The summed E-state index contributed by atoms with van der Waals surface area (Å²) in [5, 5.41) is 10.6. The molecule has 0 radical (unpaired) electrons. The van der Waals surface area contributed by atoms with Gasteiger partial charge in [0, 0.05) is 12.0 Å². The maximum Gasteiger partial charge on any atom is 0.314 e. The van der Waals surface area contributed by atoms with Crippen LogP contribution in [0.1, 0.15) is 112 Å². The van der Waals surface area contributed by atoms with E-state index >= 15 is 0 Å². The minimum atomic E-state index is -0.741. The molecular formula is C30H51NO3. The van der Waals surface area contributed by atoms with Crippen molar-refractivity contribution in [1.29, 1.82) is 0 Å². The summed E-state index contributed by atoms with van der Waals surface area (Å²) in [5.41, 5.74) is 5.67. The van der Waals surface area contributed by atoms with Gasteiger partial charge in [-0.2, -0.15) is 0 Å². The van der Waals surface area contributed by atoms with Crippen molar-refractivity contribution in [3.05, 3.63) is 12.7 Å². The fourth-order valence-electron chi connectivity index (χ4n) is 9.25. The lowest BCUT2D eigenvalue weighted by Crippen LogP contribution is -2.66. The van der Waals surface area contributed by atoms with Crippen LogP contribution in [0, 0.1) is 39.4 Å². The molecule has 34 heavy (non-hydrogen) atoms. The first-order valence-corrected chi connectivity index (χ1v) is 14.1. The lowest BCUT2D eigenvalue weighted by atomic mass is 9.44. The third-order valence-corrected chi connectivity index (χ3v) is 12.2. The minimum absolute atomic E-state index is 0.0629. The predicted molar refractivity (Wildman–Crippen MR) is 138 cm³/mol. The molecule has 0 aromatic carbocycles. The number of nitrogens with two attached hydrogens (primary N) is 1. The Balaban J connectivity index is 1.58. The van der Waals surface area contributed by atoms with Gasteiger partial charge in [-0.15, -0.1) is 6.58 Å². The number of carbonyl (C=O) groups is 1. The lowest BCUT2D eigenvalue weighted by molar-refractivity contribution is -0.247. The van der Waals surface area contributed by atoms with Crippen LogP contribution in [0.25, 0.3) is 0 Å². The third-order valence-electron chi connectivity index (χ3n) is 12.2. The first-order valence-electron chi connectivity index (χ1n) is 14.1. The molecule has 0 aliphatic heterocycles. The molecule has 3 N–H and O–H groups in total.